The molecule has 29 heavy (non-hydrogen) atoms. The largest absolute Gasteiger partial charge is 0.381 e. The Balaban J connectivity index is 3.17. The zero-order valence-electron chi connectivity index (χ0n) is 21.1. The van der Waals surface area contributed by atoms with Crippen molar-refractivity contribution in [1.82, 2.24) is 0 Å². The van der Waals surface area contributed by atoms with Gasteiger partial charge in [-0.05, 0) is 27.2 Å². The molecule has 0 aromatic heterocycles. The van der Waals surface area contributed by atoms with Crippen molar-refractivity contribution in [2.45, 2.75) is 137 Å². The third kappa shape index (κ3) is 18.4. The number of hydrogen-bond acceptors (Lipinski definition) is 1. The monoisotopic (exact) mass is 412 g/mol. The van der Waals surface area contributed by atoms with Crippen LogP contribution in [0.5, 0.6) is 0 Å². The lowest BCUT2D eigenvalue weighted by Gasteiger charge is -2.35. The van der Waals surface area contributed by atoms with Crippen molar-refractivity contribution < 1.29 is 9.22 Å². The maximum atomic E-state index is 5.87. The van der Waals surface area contributed by atoms with E-state index in [1.807, 2.05) is 0 Å². The minimum absolute atomic E-state index is 0.957. The van der Waals surface area contributed by atoms with Crippen molar-refractivity contribution in [3.8, 4) is 0 Å². The van der Waals surface area contributed by atoms with Crippen LogP contribution in [0.2, 0.25) is 0 Å². The second kappa shape index (κ2) is 22.6. The van der Waals surface area contributed by atoms with Crippen LogP contribution in [-0.2, 0) is 4.74 Å². The predicted octanol–water partition coefficient (Wildman–Crippen LogP) is 8.53. The molecule has 0 bridgehead atoms. The number of rotatable bonds is 24. The summed E-state index contributed by atoms with van der Waals surface area (Å²) in [5, 5.41) is 0. The Labute approximate surface area is 185 Å². The summed E-state index contributed by atoms with van der Waals surface area (Å²) in [6.07, 6.45) is 24.1. The summed E-state index contributed by atoms with van der Waals surface area (Å²) in [5.41, 5.74) is 0. The summed E-state index contributed by atoms with van der Waals surface area (Å²) in [7, 11) is 0. The Kier molecular flexibility index (Phi) is 22.5. The number of nitrogens with zero attached hydrogens (tertiary/aromatic N) is 1. The van der Waals surface area contributed by atoms with E-state index in [0.717, 1.165) is 13.2 Å². The lowest BCUT2D eigenvalue weighted by atomic mass is 10.0. The van der Waals surface area contributed by atoms with E-state index < -0.39 is 0 Å². The highest BCUT2D eigenvalue weighted by Gasteiger charge is 2.19. The molecule has 0 fully saturated rings. The Morgan fingerprint density at radius 2 is 0.759 bits per heavy atom. The van der Waals surface area contributed by atoms with E-state index in [2.05, 4.69) is 27.7 Å². The Morgan fingerprint density at radius 1 is 0.414 bits per heavy atom. The van der Waals surface area contributed by atoms with Gasteiger partial charge in [0, 0.05) is 13.0 Å². The van der Waals surface area contributed by atoms with Crippen LogP contribution in [-0.4, -0.2) is 43.9 Å². The van der Waals surface area contributed by atoms with Crippen molar-refractivity contribution in [1.29, 1.82) is 0 Å². The van der Waals surface area contributed by atoms with E-state index >= 15 is 0 Å². The fourth-order valence-corrected chi connectivity index (χ4v) is 4.50. The predicted molar refractivity (Wildman–Crippen MR) is 132 cm³/mol. The lowest BCUT2D eigenvalue weighted by molar-refractivity contribution is -0.923. The molecule has 2 heteroatoms. The van der Waals surface area contributed by atoms with Crippen LogP contribution in [0.15, 0.2) is 0 Å². The highest BCUT2D eigenvalue weighted by molar-refractivity contribution is 4.50. The maximum Gasteiger partial charge on any atom is 0.0808 e. The van der Waals surface area contributed by atoms with Crippen molar-refractivity contribution in [3.05, 3.63) is 0 Å². The standard InChI is InChI=1S/C27H58NO/c1-5-9-10-11-12-13-14-15-16-17-18-19-20-21-22-23-26-29-27-24-25-28(6-2,7-3)8-4/h5-27H2,1-4H3/q+1. The summed E-state index contributed by atoms with van der Waals surface area (Å²) in [6, 6.07) is 0. The molecule has 0 saturated carbocycles. The molecule has 176 valence electrons. The summed E-state index contributed by atoms with van der Waals surface area (Å²) in [4.78, 5) is 0. The van der Waals surface area contributed by atoms with Gasteiger partial charge in [-0.15, -0.1) is 0 Å². The van der Waals surface area contributed by atoms with Crippen LogP contribution in [0.3, 0.4) is 0 Å². The molecular weight excluding hydrogens is 354 g/mol. The molecule has 0 N–H and O–H groups in total. The molecule has 0 saturated heterocycles. The fraction of sp³-hybridized carbons (Fsp3) is 1.00. The molecular formula is C27H58NO+. The first-order valence-electron chi connectivity index (χ1n) is 13.7. The molecule has 0 unspecified atom stereocenters. The SMILES string of the molecule is CCCCCCCCCCCCCCCCCCOCCC[N+](CC)(CC)CC. The molecule has 0 spiro atoms. The first-order valence-corrected chi connectivity index (χ1v) is 13.7. The van der Waals surface area contributed by atoms with Gasteiger partial charge in [-0.25, -0.2) is 0 Å². The van der Waals surface area contributed by atoms with E-state index in [-0.39, 0.29) is 0 Å². The van der Waals surface area contributed by atoms with E-state index in [9.17, 15) is 0 Å². The van der Waals surface area contributed by atoms with Crippen molar-refractivity contribution >= 4 is 0 Å². The van der Waals surface area contributed by atoms with Crippen LogP contribution in [0.25, 0.3) is 0 Å². The van der Waals surface area contributed by atoms with Gasteiger partial charge < -0.3 is 9.22 Å². The molecule has 0 aromatic carbocycles. The highest BCUT2D eigenvalue weighted by Crippen LogP contribution is 2.14. The zero-order valence-corrected chi connectivity index (χ0v) is 21.1. The molecule has 0 heterocycles. The minimum Gasteiger partial charge on any atom is -0.381 e. The smallest absolute Gasteiger partial charge is 0.0808 e. The second-order valence-electron chi connectivity index (χ2n) is 9.28. The average molecular weight is 413 g/mol. The number of unbranched alkanes of at least 4 members (excludes halogenated alkanes) is 15. The Bertz CT molecular complexity index is 293. The lowest BCUT2D eigenvalue weighted by Crippen LogP contribution is -2.48. The van der Waals surface area contributed by atoms with Gasteiger partial charge in [0.05, 0.1) is 32.8 Å². The Hall–Kier alpha value is -0.0800. The quantitative estimate of drug-likeness (QED) is 0.114. The van der Waals surface area contributed by atoms with E-state index in [1.54, 1.807) is 0 Å². The molecule has 2 nitrogen and oxygen atoms in total. The summed E-state index contributed by atoms with van der Waals surface area (Å²) in [6.45, 7) is 16.3. The summed E-state index contributed by atoms with van der Waals surface area (Å²) in [5.74, 6) is 0. The molecule has 0 rings (SSSR count). The number of hydrogen-bond donors (Lipinski definition) is 0. The van der Waals surface area contributed by atoms with Gasteiger partial charge in [0.1, 0.15) is 0 Å². The van der Waals surface area contributed by atoms with Crippen molar-refractivity contribution in [2.24, 2.45) is 0 Å². The Morgan fingerprint density at radius 3 is 1.14 bits per heavy atom. The number of quaternary nitrogens is 1. The van der Waals surface area contributed by atoms with Crippen LogP contribution < -0.4 is 0 Å². The normalized spacial score (nSPS) is 12.0. The van der Waals surface area contributed by atoms with Crippen LogP contribution in [0, 0.1) is 0 Å². The molecule has 0 atom stereocenters. The molecule has 0 aliphatic heterocycles. The summed E-state index contributed by atoms with van der Waals surface area (Å²) < 4.78 is 7.12. The first kappa shape index (κ1) is 28.9. The van der Waals surface area contributed by atoms with Gasteiger partial charge in [-0.1, -0.05) is 103 Å². The third-order valence-corrected chi connectivity index (χ3v) is 7.08. The van der Waals surface area contributed by atoms with E-state index in [1.165, 1.54) is 140 Å². The van der Waals surface area contributed by atoms with Crippen LogP contribution in [0.4, 0.5) is 0 Å². The second-order valence-corrected chi connectivity index (χ2v) is 9.28. The van der Waals surface area contributed by atoms with E-state index in [0.29, 0.717) is 0 Å². The van der Waals surface area contributed by atoms with Gasteiger partial charge in [-0.2, -0.15) is 0 Å². The molecule has 0 aliphatic rings. The summed E-state index contributed by atoms with van der Waals surface area (Å²) >= 11 is 0. The van der Waals surface area contributed by atoms with Gasteiger partial charge >= 0.3 is 0 Å². The van der Waals surface area contributed by atoms with Crippen molar-refractivity contribution in [3.63, 3.8) is 0 Å². The third-order valence-electron chi connectivity index (χ3n) is 7.08. The number of ether oxygens (including phenoxy) is 1. The zero-order chi connectivity index (χ0) is 21.5. The fourth-order valence-electron chi connectivity index (χ4n) is 4.50. The molecule has 0 amide bonds. The van der Waals surface area contributed by atoms with Crippen LogP contribution in [0.1, 0.15) is 137 Å². The van der Waals surface area contributed by atoms with Gasteiger partial charge in [0.2, 0.25) is 0 Å². The highest BCUT2D eigenvalue weighted by atomic mass is 16.5. The topological polar surface area (TPSA) is 9.23 Å². The first-order chi connectivity index (χ1) is 14.2. The van der Waals surface area contributed by atoms with Crippen molar-refractivity contribution in [2.75, 3.05) is 39.4 Å². The minimum atomic E-state index is 0.957. The van der Waals surface area contributed by atoms with Gasteiger partial charge in [0.25, 0.3) is 0 Å². The van der Waals surface area contributed by atoms with Gasteiger partial charge in [0.15, 0.2) is 0 Å². The van der Waals surface area contributed by atoms with E-state index in [4.69, 9.17) is 4.74 Å². The maximum absolute atomic E-state index is 5.87. The molecule has 0 aliphatic carbocycles. The molecule has 0 radical (unpaired) electrons. The van der Waals surface area contributed by atoms with Crippen LogP contribution >= 0.6 is 0 Å². The molecule has 0 aromatic rings. The average Bonchev–Trinajstić information content (AvgIpc) is 2.75. The van der Waals surface area contributed by atoms with Gasteiger partial charge in [-0.3, -0.25) is 0 Å².